The lowest BCUT2D eigenvalue weighted by Gasteiger charge is -2.36. The molecule has 2 saturated heterocycles. The minimum absolute atomic E-state index is 0.0635. The number of aromatic nitrogens is 6. The molecule has 0 aliphatic carbocycles. The Morgan fingerprint density at radius 1 is 0.500 bits per heavy atom. The van der Waals surface area contributed by atoms with E-state index in [0.717, 1.165) is 88.3 Å². The van der Waals surface area contributed by atoms with Crippen molar-refractivity contribution in [2.45, 2.75) is 25.9 Å². The second kappa shape index (κ2) is 16.8. The number of hydrogen-bond acceptors (Lipinski definition) is 8. The Balaban J connectivity index is 0.000000162. The molecule has 0 N–H and O–H groups in total. The van der Waals surface area contributed by atoms with Crippen LogP contribution in [0.25, 0.3) is 11.3 Å². The third kappa shape index (κ3) is 8.70. The van der Waals surface area contributed by atoms with E-state index in [2.05, 4.69) is 41.9 Å². The van der Waals surface area contributed by atoms with Crippen LogP contribution in [-0.4, -0.2) is 104 Å². The predicted molar refractivity (Wildman–Crippen MR) is 208 cm³/mol. The summed E-state index contributed by atoms with van der Waals surface area (Å²) in [5.41, 5.74) is 3.65. The lowest BCUT2D eigenvalue weighted by Crippen LogP contribution is -2.46. The Bertz CT molecular complexity index is 2040. The van der Waals surface area contributed by atoms with Gasteiger partial charge in [0.05, 0.1) is 0 Å². The molecule has 0 saturated carbocycles. The Labute approximate surface area is 312 Å². The predicted octanol–water partition coefficient (Wildman–Crippen LogP) is 4.72. The molecule has 6 aromatic rings. The molecule has 0 amide bonds. The van der Waals surface area contributed by atoms with Crippen LogP contribution in [-0.2, 0) is 13.1 Å². The number of pyridine rings is 2. The molecule has 12 nitrogen and oxygen atoms in total. The average Bonchev–Trinajstić information content (AvgIpc) is 3.67. The Morgan fingerprint density at radius 2 is 0.923 bits per heavy atom. The lowest BCUT2D eigenvalue weighted by atomic mass is 10.2. The van der Waals surface area contributed by atoms with E-state index in [-0.39, 0.29) is 11.4 Å². The summed E-state index contributed by atoms with van der Waals surface area (Å²) in [6, 6.07) is 27.3. The largest absolute Gasteiger partial charge is 0.369 e. The molecule has 0 spiro atoms. The van der Waals surface area contributed by atoms with Crippen LogP contribution in [0.15, 0.2) is 107 Å². The summed E-state index contributed by atoms with van der Waals surface area (Å²) < 4.78 is 6.31. The van der Waals surface area contributed by atoms with Gasteiger partial charge >= 0.3 is 11.4 Å². The molecule has 0 atom stereocenters. The highest BCUT2D eigenvalue weighted by atomic mass is 35.5. The molecule has 8 rings (SSSR count). The fourth-order valence-corrected chi connectivity index (χ4v) is 7.29. The monoisotopic (exact) mass is 742 g/mol. The summed E-state index contributed by atoms with van der Waals surface area (Å²) in [6.45, 7) is 11.3. The van der Waals surface area contributed by atoms with Gasteiger partial charge in [-0.25, -0.2) is 19.0 Å². The highest BCUT2D eigenvalue weighted by Crippen LogP contribution is 2.22. The van der Waals surface area contributed by atoms with Gasteiger partial charge in [-0.3, -0.25) is 18.6 Å². The minimum Gasteiger partial charge on any atom is -0.369 e. The van der Waals surface area contributed by atoms with E-state index < -0.39 is 0 Å². The lowest BCUT2D eigenvalue weighted by molar-refractivity contribution is 0.248. The molecule has 0 bridgehead atoms. The maximum Gasteiger partial charge on any atom is 0.350 e. The van der Waals surface area contributed by atoms with Crippen molar-refractivity contribution in [2.75, 3.05) is 75.2 Å². The molecule has 2 aromatic carbocycles. The molecule has 2 fully saturated rings. The molecule has 2 aliphatic heterocycles. The van der Waals surface area contributed by atoms with Crippen molar-refractivity contribution in [3.8, 4) is 0 Å². The first-order valence-corrected chi connectivity index (χ1v) is 18.7. The number of aryl methyl sites for hydroxylation is 2. The summed E-state index contributed by atoms with van der Waals surface area (Å²) in [6.07, 6.45) is 5.36. The zero-order valence-electron chi connectivity index (χ0n) is 29.2. The molecule has 4 aromatic heterocycles. The van der Waals surface area contributed by atoms with Gasteiger partial charge in [0.2, 0.25) is 0 Å². The van der Waals surface area contributed by atoms with Crippen LogP contribution in [0.4, 0.5) is 11.4 Å². The van der Waals surface area contributed by atoms with Crippen molar-refractivity contribution in [1.82, 2.24) is 38.2 Å². The topological polar surface area (TPSA) is 91.6 Å². The standard InChI is InChI=1S/2C19H22ClN5O/c2*20-16-5-3-6-17(15-16)23-13-11-22(12-14-23)8-4-10-25-19(26)24-9-2-1-7-18(24)21-25/h2*1-3,5-7,9,15H,4,8,10-14H2. The normalized spacial score (nSPS) is 15.7. The van der Waals surface area contributed by atoms with Gasteiger partial charge in [-0.05, 0) is 73.5 Å². The average molecular weight is 744 g/mol. The van der Waals surface area contributed by atoms with Crippen LogP contribution in [0.2, 0.25) is 10.0 Å². The number of benzene rings is 2. The van der Waals surface area contributed by atoms with Crippen molar-refractivity contribution >= 4 is 45.9 Å². The van der Waals surface area contributed by atoms with Gasteiger partial charge in [0.25, 0.3) is 0 Å². The van der Waals surface area contributed by atoms with Crippen molar-refractivity contribution < 1.29 is 0 Å². The third-order valence-electron chi connectivity index (χ3n) is 9.76. The minimum atomic E-state index is -0.0635. The molecular weight excluding hydrogens is 699 g/mol. The van der Waals surface area contributed by atoms with Crippen LogP contribution in [0.3, 0.4) is 0 Å². The fraction of sp³-hybridized carbons (Fsp3) is 0.368. The zero-order valence-corrected chi connectivity index (χ0v) is 30.7. The van der Waals surface area contributed by atoms with Gasteiger partial charge in [-0.15, -0.1) is 10.2 Å². The van der Waals surface area contributed by atoms with Gasteiger partial charge in [-0.1, -0.05) is 47.5 Å². The first kappa shape index (κ1) is 35.8. The number of halogens is 2. The SMILES string of the molecule is O=c1n(CCCN2CCN(c3cccc(Cl)c3)CC2)nc2ccccn12.O=c1n(CCCN2CCN(c3cccc(Cl)c3)CC2)nc2ccccn12. The highest BCUT2D eigenvalue weighted by molar-refractivity contribution is 6.31. The number of rotatable bonds is 10. The van der Waals surface area contributed by atoms with E-state index >= 15 is 0 Å². The van der Waals surface area contributed by atoms with Crippen LogP contribution in [0.1, 0.15) is 12.8 Å². The molecule has 0 radical (unpaired) electrons. The second-order valence-corrected chi connectivity index (χ2v) is 14.1. The maximum absolute atomic E-state index is 12.3. The van der Waals surface area contributed by atoms with Crippen LogP contribution in [0.5, 0.6) is 0 Å². The molecule has 272 valence electrons. The highest BCUT2D eigenvalue weighted by Gasteiger charge is 2.19. The Kier molecular flexibility index (Phi) is 11.6. The van der Waals surface area contributed by atoms with E-state index in [1.807, 2.05) is 72.8 Å². The third-order valence-corrected chi connectivity index (χ3v) is 10.2. The second-order valence-electron chi connectivity index (χ2n) is 13.2. The Morgan fingerprint density at radius 3 is 1.31 bits per heavy atom. The number of hydrogen-bond donors (Lipinski definition) is 0. The van der Waals surface area contributed by atoms with E-state index in [9.17, 15) is 9.59 Å². The van der Waals surface area contributed by atoms with Crippen molar-refractivity contribution in [2.24, 2.45) is 0 Å². The van der Waals surface area contributed by atoms with Crippen LogP contribution < -0.4 is 21.2 Å². The number of anilines is 2. The van der Waals surface area contributed by atoms with Crippen LogP contribution >= 0.6 is 23.2 Å². The maximum atomic E-state index is 12.3. The number of piperazine rings is 2. The summed E-state index contributed by atoms with van der Waals surface area (Å²) in [4.78, 5) is 34.2. The first-order chi connectivity index (χ1) is 25.4. The summed E-state index contributed by atoms with van der Waals surface area (Å²) in [7, 11) is 0. The zero-order chi connectivity index (χ0) is 35.9. The molecule has 2 aliphatic rings. The van der Waals surface area contributed by atoms with Gasteiger partial charge < -0.3 is 9.80 Å². The van der Waals surface area contributed by atoms with E-state index in [1.54, 1.807) is 30.6 Å². The van der Waals surface area contributed by atoms with E-state index in [4.69, 9.17) is 23.2 Å². The smallest absolute Gasteiger partial charge is 0.350 e. The van der Waals surface area contributed by atoms with Gasteiger partial charge in [-0.2, -0.15) is 0 Å². The fourth-order valence-electron chi connectivity index (χ4n) is 6.92. The molecular formula is C38H44Cl2N10O2. The first-order valence-electron chi connectivity index (χ1n) is 18.0. The van der Waals surface area contributed by atoms with Crippen molar-refractivity contribution in [3.63, 3.8) is 0 Å². The molecule has 0 unspecified atom stereocenters. The van der Waals surface area contributed by atoms with E-state index in [0.29, 0.717) is 24.4 Å². The molecule has 6 heterocycles. The molecule has 52 heavy (non-hydrogen) atoms. The van der Waals surface area contributed by atoms with Crippen molar-refractivity contribution in [1.29, 1.82) is 0 Å². The quantitative estimate of drug-likeness (QED) is 0.199. The number of fused-ring (bicyclic) bond motifs is 2. The number of nitrogens with zero attached hydrogens (tertiary/aromatic N) is 10. The van der Waals surface area contributed by atoms with E-state index in [1.165, 1.54) is 11.4 Å². The summed E-state index contributed by atoms with van der Waals surface area (Å²) in [5, 5.41) is 10.3. The van der Waals surface area contributed by atoms with Crippen molar-refractivity contribution in [3.05, 3.63) is 128 Å². The Hall–Kier alpha value is -4.62. The van der Waals surface area contributed by atoms with Gasteiger partial charge in [0.15, 0.2) is 11.3 Å². The van der Waals surface area contributed by atoms with Gasteiger partial charge in [0.1, 0.15) is 0 Å². The summed E-state index contributed by atoms with van der Waals surface area (Å²) in [5.74, 6) is 0. The van der Waals surface area contributed by atoms with Crippen LogP contribution in [0, 0.1) is 0 Å². The summed E-state index contributed by atoms with van der Waals surface area (Å²) >= 11 is 12.2. The molecule has 14 heteroatoms. The van der Waals surface area contributed by atoms with Gasteiger partial charge in [0, 0.05) is 112 Å².